The zero-order valence-corrected chi connectivity index (χ0v) is 11.8. The molecule has 21 heavy (non-hydrogen) atoms. The predicted molar refractivity (Wildman–Crippen MR) is 81.2 cm³/mol. The number of aromatic nitrogens is 3. The lowest BCUT2D eigenvalue weighted by molar-refractivity contribution is 0.102. The van der Waals surface area contributed by atoms with E-state index in [2.05, 4.69) is 20.3 Å². The third-order valence-corrected chi connectivity index (χ3v) is 3.28. The molecule has 0 unspecified atom stereocenters. The highest BCUT2D eigenvalue weighted by molar-refractivity contribution is 6.04. The summed E-state index contributed by atoms with van der Waals surface area (Å²) in [5.74, 6) is -0.173. The fraction of sp³-hybridized carbons (Fsp3) is 0.125. The molecule has 0 saturated carbocycles. The van der Waals surface area contributed by atoms with Crippen molar-refractivity contribution in [3.63, 3.8) is 0 Å². The molecule has 104 valence electrons. The van der Waals surface area contributed by atoms with Crippen molar-refractivity contribution >= 4 is 22.6 Å². The second-order valence-electron chi connectivity index (χ2n) is 4.79. The zero-order chi connectivity index (χ0) is 14.8. The minimum atomic E-state index is -0.173. The lowest BCUT2D eigenvalue weighted by atomic mass is 10.2. The molecule has 0 aliphatic rings. The van der Waals surface area contributed by atoms with Gasteiger partial charge in [0.15, 0.2) is 0 Å². The number of carbonyl (C=O) groups is 1. The predicted octanol–water partition coefficient (Wildman–Crippen LogP) is 2.89. The average Bonchev–Trinajstić information content (AvgIpc) is 2.49. The molecule has 1 N–H and O–H groups in total. The highest BCUT2D eigenvalue weighted by Crippen LogP contribution is 2.18. The number of amides is 1. The number of rotatable bonds is 2. The van der Waals surface area contributed by atoms with Crippen LogP contribution in [0.25, 0.3) is 11.0 Å². The van der Waals surface area contributed by atoms with Crippen molar-refractivity contribution in [3.05, 3.63) is 59.7 Å². The summed E-state index contributed by atoms with van der Waals surface area (Å²) in [4.78, 5) is 25.0. The van der Waals surface area contributed by atoms with E-state index >= 15 is 0 Å². The van der Waals surface area contributed by atoms with Crippen LogP contribution in [0.4, 0.5) is 5.69 Å². The summed E-state index contributed by atoms with van der Waals surface area (Å²) in [7, 11) is 0. The molecule has 0 atom stereocenters. The maximum absolute atomic E-state index is 12.1. The Labute approximate surface area is 122 Å². The summed E-state index contributed by atoms with van der Waals surface area (Å²) in [6, 6.07) is 8.85. The average molecular weight is 278 g/mol. The van der Waals surface area contributed by atoms with Crippen molar-refractivity contribution in [2.75, 3.05) is 5.32 Å². The topological polar surface area (TPSA) is 67.8 Å². The van der Waals surface area contributed by atoms with Gasteiger partial charge >= 0.3 is 0 Å². The van der Waals surface area contributed by atoms with Gasteiger partial charge in [0.1, 0.15) is 0 Å². The Hall–Kier alpha value is -2.82. The van der Waals surface area contributed by atoms with Gasteiger partial charge in [-0.15, -0.1) is 0 Å². The minimum absolute atomic E-state index is 0.173. The number of fused-ring (bicyclic) bond motifs is 1. The molecule has 0 aliphatic heterocycles. The van der Waals surface area contributed by atoms with Gasteiger partial charge in [0.05, 0.1) is 22.4 Å². The standard InChI is InChI=1S/C16H14N4O/c1-10-11(2)19-15-9-13(3-4-14(15)18-10)20-16(21)12-5-7-17-8-6-12/h3-9H,1-2H3,(H,20,21). The summed E-state index contributed by atoms with van der Waals surface area (Å²) in [5.41, 5.74) is 4.65. The van der Waals surface area contributed by atoms with Gasteiger partial charge in [-0.25, -0.2) is 9.97 Å². The molecule has 0 radical (unpaired) electrons. The third kappa shape index (κ3) is 2.72. The maximum atomic E-state index is 12.1. The molecular weight excluding hydrogens is 264 g/mol. The van der Waals surface area contributed by atoms with Crippen LogP contribution >= 0.6 is 0 Å². The Kier molecular flexibility index (Phi) is 3.31. The molecule has 1 amide bonds. The molecule has 2 aromatic heterocycles. The van der Waals surface area contributed by atoms with E-state index < -0.39 is 0 Å². The molecule has 0 spiro atoms. The Morgan fingerprint density at radius 3 is 2.33 bits per heavy atom. The van der Waals surface area contributed by atoms with Gasteiger partial charge < -0.3 is 5.32 Å². The molecule has 0 bridgehead atoms. The lowest BCUT2D eigenvalue weighted by Crippen LogP contribution is -2.11. The van der Waals surface area contributed by atoms with E-state index in [1.165, 1.54) is 0 Å². The summed E-state index contributed by atoms with van der Waals surface area (Å²) >= 11 is 0. The lowest BCUT2D eigenvalue weighted by Gasteiger charge is -2.07. The summed E-state index contributed by atoms with van der Waals surface area (Å²) < 4.78 is 0. The first kappa shape index (κ1) is 13.2. The van der Waals surface area contributed by atoms with Crippen LogP contribution < -0.4 is 5.32 Å². The minimum Gasteiger partial charge on any atom is -0.322 e. The van der Waals surface area contributed by atoms with Crippen LogP contribution in [0.15, 0.2) is 42.7 Å². The van der Waals surface area contributed by atoms with E-state index in [9.17, 15) is 4.79 Å². The van der Waals surface area contributed by atoms with Crippen LogP contribution in [0.2, 0.25) is 0 Å². The van der Waals surface area contributed by atoms with E-state index in [0.29, 0.717) is 11.3 Å². The van der Waals surface area contributed by atoms with Gasteiger partial charge in [-0.1, -0.05) is 0 Å². The number of anilines is 1. The fourth-order valence-electron chi connectivity index (χ4n) is 2.01. The number of benzene rings is 1. The molecule has 0 fully saturated rings. The number of carbonyl (C=O) groups excluding carboxylic acids is 1. The number of nitrogens with zero attached hydrogens (tertiary/aromatic N) is 3. The highest BCUT2D eigenvalue weighted by Gasteiger charge is 2.07. The first-order valence-electron chi connectivity index (χ1n) is 6.60. The number of hydrogen-bond acceptors (Lipinski definition) is 4. The van der Waals surface area contributed by atoms with Crippen molar-refractivity contribution in [2.45, 2.75) is 13.8 Å². The van der Waals surface area contributed by atoms with Crippen molar-refractivity contribution in [1.82, 2.24) is 15.0 Å². The van der Waals surface area contributed by atoms with Crippen molar-refractivity contribution < 1.29 is 4.79 Å². The van der Waals surface area contributed by atoms with Crippen molar-refractivity contribution in [1.29, 1.82) is 0 Å². The van der Waals surface area contributed by atoms with Crippen LogP contribution in [-0.4, -0.2) is 20.9 Å². The summed E-state index contributed by atoms with van der Waals surface area (Å²) in [6.07, 6.45) is 3.18. The number of aryl methyl sites for hydroxylation is 2. The molecule has 5 heteroatoms. The molecule has 5 nitrogen and oxygen atoms in total. The van der Waals surface area contributed by atoms with Crippen molar-refractivity contribution in [3.8, 4) is 0 Å². The smallest absolute Gasteiger partial charge is 0.255 e. The van der Waals surface area contributed by atoms with Gasteiger partial charge in [0, 0.05) is 23.6 Å². The Morgan fingerprint density at radius 1 is 0.952 bits per heavy atom. The first-order valence-corrected chi connectivity index (χ1v) is 6.60. The quantitative estimate of drug-likeness (QED) is 0.782. The molecule has 3 aromatic rings. The van der Waals surface area contributed by atoms with Gasteiger partial charge in [0.25, 0.3) is 5.91 Å². The molecule has 2 heterocycles. The van der Waals surface area contributed by atoms with Crippen LogP contribution in [0, 0.1) is 13.8 Å². The van der Waals surface area contributed by atoms with E-state index in [1.807, 2.05) is 32.0 Å². The van der Waals surface area contributed by atoms with Gasteiger partial charge in [-0.05, 0) is 44.2 Å². The largest absolute Gasteiger partial charge is 0.322 e. The number of nitrogens with one attached hydrogen (secondary N) is 1. The van der Waals surface area contributed by atoms with E-state index in [-0.39, 0.29) is 5.91 Å². The molecule has 0 saturated heterocycles. The summed E-state index contributed by atoms with van der Waals surface area (Å²) in [5, 5.41) is 2.85. The Balaban J connectivity index is 1.91. The second-order valence-corrected chi connectivity index (χ2v) is 4.79. The highest BCUT2D eigenvalue weighted by atomic mass is 16.1. The van der Waals surface area contributed by atoms with Crippen LogP contribution in [0.3, 0.4) is 0 Å². The monoisotopic (exact) mass is 278 g/mol. The number of pyridine rings is 1. The maximum Gasteiger partial charge on any atom is 0.255 e. The molecular formula is C16H14N4O. The molecule has 3 rings (SSSR count). The zero-order valence-electron chi connectivity index (χ0n) is 11.8. The van der Waals surface area contributed by atoms with E-state index in [0.717, 1.165) is 22.4 Å². The van der Waals surface area contributed by atoms with Crippen LogP contribution in [0.1, 0.15) is 21.7 Å². The van der Waals surface area contributed by atoms with Gasteiger partial charge in [0.2, 0.25) is 0 Å². The number of hydrogen-bond donors (Lipinski definition) is 1. The molecule has 1 aromatic carbocycles. The fourth-order valence-corrected chi connectivity index (χ4v) is 2.01. The Bertz CT molecular complexity index is 815. The summed E-state index contributed by atoms with van der Waals surface area (Å²) in [6.45, 7) is 3.85. The van der Waals surface area contributed by atoms with Crippen LogP contribution in [-0.2, 0) is 0 Å². The Morgan fingerprint density at radius 2 is 1.62 bits per heavy atom. The normalized spacial score (nSPS) is 10.6. The SMILES string of the molecule is Cc1nc2ccc(NC(=O)c3ccncc3)cc2nc1C. The van der Waals surface area contributed by atoms with Gasteiger partial charge in [-0.3, -0.25) is 9.78 Å². The third-order valence-electron chi connectivity index (χ3n) is 3.28. The van der Waals surface area contributed by atoms with Crippen molar-refractivity contribution in [2.24, 2.45) is 0 Å². The molecule has 0 aliphatic carbocycles. The first-order chi connectivity index (χ1) is 10.1. The van der Waals surface area contributed by atoms with Gasteiger partial charge in [-0.2, -0.15) is 0 Å². The van der Waals surface area contributed by atoms with E-state index in [4.69, 9.17) is 0 Å². The van der Waals surface area contributed by atoms with Crippen LogP contribution in [0.5, 0.6) is 0 Å². The van der Waals surface area contributed by atoms with E-state index in [1.54, 1.807) is 24.5 Å². The second kappa shape index (κ2) is 5.28.